The lowest BCUT2D eigenvalue weighted by molar-refractivity contribution is -0.745. The van der Waals surface area contributed by atoms with Gasteiger partial charge in [0, 0.05) is 55.4 Å². The van der Waals surface area contributed by atoms with Gasteiger partial charge < -0.3 is 76.2 Å². The molecule has 2 aromatic heterocycles. The van der Waals surface area contributed by atoms with Crippen LogP contribution >= 0.6 is 35.2 Å². The Balaban J connectivity index is 0.915. The predicted molar refractivity (Wildman–Crippen MR) is 252 cm³/mol. The first-order chi connectivity index (χ1) is 35.0. The van der Waals surface area contributed by atoms with Crippen molar-refractivity contribution in [1.29, 1.82) is 0 Å². The number of thioether (sulfide) groups is 1. The summed E-state index contributed by atoms with van der Waals surface area (Å²) in [4.78, 5) is 118. The zero-order chi connectivity index (χ0) is 55.4. The normalized spacial score (nSPS) is 23.0. The van der Waals surface area contributed by atoms with Crippen LogP contribution in [0, 0.1) is 5.41 Å². The third-order valence-electron chi connectivity index (χ3n) is 11.3. The molecule has 6 rings (SSSR count). The average molecular weight is 1140 g/mol. The number of phosphoric acid groups is 3. The number of hydrogen-bond donors (Lipinski definition) is 13. The summed E-state index contributed by atoms with van der Waals surface area (Å²) < 4.78 is 62.6. The number of fused-ring (bicyclic) bond motifs is 2. The number of aliphatic hydroxyl groups excluding tert-OH is 2. The molecule has 1 aromatic carbocycles. The molecule has 3 aliphatic rings. The van der Waals surface area contributed by atoms with Crippen molar-refractivity contribution in [2.75, 3.05) is 42.7 Å². The van der Waals surface area contributed by atoms with Gasteiger partial charge in [-0.05, 0) is 35.4 Å². The van der Waals surface area contributed by atoms with Gasteiger partial charge in [-0.25, -0.2) is 27.9 Å². The van der Waals surface area contributed by atoms with Gasteiger partial charge in [0.1, 0.15) is 48.0 Å². The Morgan fingerprint density at radius 1 is 1.07 bits per heavy atom. The van der Waals surface area contributed by atoms with Gasteiger partial charge in [-0.3, -0.25) is 37.9 Å². The zero-order valence-electron chi connectivity index (χ0n) is 39.0. The van der Waals surface area contributed by atoms with Crippen LogP contribution in [0.25, 0.3) is 11.2 Å². The van der Waals surface area contributed by atoms with Crippen LogP contribution in [0.15, 0.2) is 53.7 Å². The number of benzene rings is 1. The monoisotopic (exact) mass is 1140 g/mol. The molecule has 1 saturated heterocycles. The third kappa shape index (κ3) is 15.0. The highest BCUT2D eigenvalue weighted by Gasteiger charge is 2.52. The van der Waals surface area contributed by atoms with Crippen LogP contribution < -0.4 is 30.9 Å². The third-order valence-corrected chi connectivity index (χ3v) is 15.3. The summed E-state index contributed by atoms with van der Waals surface area (Å²) in [7, 11) is -16.6. The fourth-order valence-electron chi connectivity index (χ4n) is 7.56. The minimum atomic E-state index is -5.64. The van der Waals surface area contributed by atoms with Gasteiger partial charge in [0.15, 0.2) is 18.5 Å². The van der Waals surface area contributed by atoms with E-state index in [4.69, 9.17) is 19.5 Å². The number of aliphatic hydroxyl groups is 2. The summed E-state index contributed by atoms with van der Waals surface area (Å²) in [6, 6.07) is -0.0574. The van der Waals surface area contributed by atoms with E-state index >= 15 is 0 Å². The number of hydrogen-bond acceptors (Lipinski definition) is 23. The molecule has 9 atom stereocenters. The Labute approximate surface area is 426 Å². The number of phosphoric ester groups is 3. The van der Waals surface area contributed by atoms with Crippen molar-refractivity contribution in [1.82, 2.24) is 25.6 Å². The van der Waals surface area contributed by atoms with E-state index in [1.807, 2.05) is 0 Å². The number of imidazole rings is 1. The summed E-state index contributed by atoms with van der Waals surface area (Å²) in [6.45, 7) is -0.144. The van der Waals surface area contributed by atoms with Crippen molar-refractivity contribution < 1.29 is 115 Å². The van der Waals surface area contributed by atoms with Crippen molar-refractivity contribution in [2.24, 2.45) is 10.4 Å². The number of aromatic nitrogens is 4. The number of nitrogens with zero attached hydrogens (tertiary/aromatic N) is 5. The Hall–Kier alpha value is -5.73. The largest absolute Gasteiger partial charge is 0.870 e. The number of carboxylic acid groups (broad SMARTS) is 2. The molecule has 36 heteroatoms. The van der Waals surface area contributed by atoms with Gasteiger partial charge in [-0.2, -0.15) is 9.29 Å². The van der Waals surface area contributed by atoms with Gasteiger partial charge in [-0.1, -0.05) is 36.3 Å². The number of aliphatic imine (C=N–C) groups is 1. The van der Waals surface area contributed by atoms with Crippen LogP contribution in [0.1, 0.15) is 38.5 Å². The number of allylic oxidation sites excluding steroid dienone is 1. The van der Waals surface area contributed by atoms with Crippen molar-refractivity contribution in [3.63, 3.8) is 0 Å². The second-order valence-corrected chi connectivity index (χ2v) is 22.6. The lowest BCUT2D eigenvalue weighted by Gasteiger charge is -2.30. The van der Waals surface area contributed by atoms with E-state index in [2.05, 4.69) is 39.4 Å². The highest BCUT2D eigenvalue weighted by molar-refractivity contribution is 8.13. The molecule has 14 N–H and O–H groups in total. The number of dihydropyridines is 1. The van der Waals surface area contributed by atoms with Crippen LogP contribution in [0.3, 0.4) is 0 Å². The van der Waals surface area contributed by atoms with Gasteiger partial charge in [0.2, 0.25) is 28.7 Å². The molecule has 0 radical (unpaired) electrons. The van der Waals surface area contributed by atoms with E-state index in [0.29, 0.717) is 11.1 Å². The van der Waals surface area contributed by atoms with E-state index in [-0.39, 0.29) is 60.8 Å². The van der Waals surface area contributed by atoms with Crippen LogP contribution in [0.5, 0.6) is 11.5 Å². The first-order valence-electron chi connectivity index (χ1n) is 21.8. The molecule has 0 spiro atoms. The van der Waals surface area contributed by atoms with Crippen molar-refractivity contribution in [2.45, 2.75) is 75.8 Å². The summed E-state index contributed by atoms with van der Waals surface area (Å²) in [5.74, 6) is -5.63. The van der Waals surface area contributed by atoms with Gasteiger partial charge >= 0.3 is 41.1 Å². The summed E-state index contributed by atoms with van der Waals surface area (Å²) in [5, 5.41) is 67.3. The summed E-state index contributed by atoms with van der Waals surface area (Å²) >= 11 is 0.737. The van der Waals surface area contributed by atoms with Crippen molar-refractivity contribution in [3.8, 4) is 11.5 Å². The number of nitrogens with two attached hydrogens (primary N) is 1. The van der Waals surface area contributed by atoms with Crippen LogP contribution in [0.4, 0.5) is 11.5 Å². The number of carbonyl (C=O) groups excluding carboxylic acids is 3. The molecule has 0 saturated carbocycles. The summed E-state index contributed by atoms with van der Waals surface area (Å²) in [6.07, 6.45) is -3.36. The van der Waals surface area contributed by atoms with E-state index < -0.39 is 131 Å². The molecule has 32 nitrogen and oxygen atoms in total. The lowest BCUT2D eigenvalue weighted by atomic mass is 9.87. The van der Waals surface area contributed by atoms with Crippen molar-refractivity contribution in [3.05, 3.63) is 54.3 Å². The molecule has 0 aliphatic carbocycles. The highest BCUT2D eigenvalue weighted by atomic mass is 32.2. The predicted octanol–water partition coefficient (Wildman–Crippen LogP) is -1.88. The number of carbonyl (C=O) groups is 5. The number of nitrogen functional groups attached to an aromatic ring is 1. The maximum Gasteiger partial charge on any atom is 0.481 e. The Morgan fingerprint density at radius 2 is 1.77 bits per heavy atom. The minimum Gasteiger partial charge on any atom is -0.870 e. The average Bonchev–Trinajstić information content (AvgIpc) is 4.00. The molecule has 3 aromatic rings. The topological polar surface area (TPSA) is 499 Å². The number of H-pyrrole nitrogens is 1. The number of nitrogens with one attached hydrogen (secondary N) is 3. The molecule has 7 unspecified atom stereocenters. The number of phenolic OH excluding ortho intramolecular Hbond substituents is 1. The molecule has 5 heterocycles. The number of phenols is 1. The van der Waals surface area contributed by atoms with E-state index in [1.54, 1.807) is 0 Å². The summed E-state index contributed by atoms with van der Waals surface area (Å²) in [5.41, 5.74) is 4.81. The first-order valence-corrected chi connectivity index (χ1v) is 27.3. The van der Waals surface area contributed by atoms with E-state index in [9.17, 15) is 87.9 Å². The number of ether oxygens (including phenoxy) is 1. The number of aromatic amines is 1. The Bertz CT molecular complexity index is 2950. The molecule has 0 bridgehead atoms. The molecule has 2 amide bonds. The zero-order valence-corrected chi connectivity index (χ0v) is 42.5. The molecule has 1 fully saturated rings. The first kappa shape index (κ1) is 58.5. The van der Waals surface area contributed by atoms with Gasteiger partial charge in [0.25, 0.3) is 0 Å². The second-order valence-electron chi connectivity index (χ2n) is 17.3. The van der Waals surface area contributed by atoms with Gasteiger partial charge in [-0.15, -0.1) is 0 Å². The fourth-order valence-corrected chi connectivity index (χ4v) is 11.1. The maximum atomic E-state index is 13.1. The van der Waals surface area contributed by atoms with Crippen LogP contribution in [0.2, 0.25) is 0 Å². The Morgan fingerprint density at radius 3 is 2.45 bits per heavy atom. The van der Waals surface area contributed by atoms with Crippen molar-refractivity contribution >= 4 is 92.5 Å². The quantitative estimate of drug-likeness (QED) is 0.0265. The maximum absolute atomic E-state index is 13.1. The molecular formula is C39H50N9O23P3S. The van der Waals surface area contributed by atoms with Crippen LogP contribution in [-0.4, -0.2) is 163 Å². The minimum absolute atomic E-state index is 0.00569. The van der Waals surface area contributed by atoms with E-state index in [1.165, 1.54) is 49.5 Å². The smallest absolute Gasteiger partial charge is 0.481 e. The standard InChI is InChI=1S/C39H50N9O23P3S/c1-39(2,15-68-74(65,66)71-73(63,64)67-14-26-30(70-72(60,61)62)29(52)35(69-26)48-17-45-28-32(40)43-16-44-33(28)48)31(53)34(54)42-5-3-27(51)41-6-8-75-38(59)21-10-18(9-20(46-21)36(55)56)4-7-47-22-13-25(50)24(49)12-19(22)11-23(47)37(57)58/h4,7,9,12-13,16-17,21,23,26,29-31,35,52-53H,3,5-6,8,10-11,14-15H2,1-2H3,(H12,40,41,42,43,44,49,50,51,54,55,56,57,58,60,61,62,63,64,65,66)/b7-4-/t21-,23-,26?,29?,30?,31?,35?/m0/s1. The molecule has 75 heavy (non-hydrogen) atoms. The lowest BCUT2D eigenvalue weighted by Crippen LogP contribution is -2.46. The highest BCUT2D eigenvalue weighted by Crippen LogP contribution is 2.61. The number of aromatic hydroxyl groups is 1. The molecule has 410 valence electrons. The second kappa shape index (κ2) is 23.7. The van der Waals surface area contributed by atoms with Crippen LogP contribution in [-0.2, 0) is 66.7 Å². The number of aliphatic carboxylic acids is 2. The number of rotatable bonds is 24. The van der Waals surface area contributed by atoms with Gasteiger partial charge in [0.05, 0.1) is 13.2 Å². The Kier molecular flexibility index (Phi) is 18.5. The fraction of sp³-hybridized carbons (Fsp3) is 0.462. The molecular weight excluding hydrogens is 1090 g/mol. The van der Waals surface area contributed by atoms with E-state index in [0.717, 1.165) is 28.7 Å². The number of anilines is 2. The SMILES string of the molecule is CC(C)(COP(=O)(O)OP(=O)(O)OCC1OC([n+]2c[nH]c3c(N)ncnc32)C(O)C1OP(=O)(O)O)C(O)C(=O)NCCC(=O)NCCSC(=O)[C@@H]1CC(/C=C\N2c3cc([O-])c(O)cc3C[C@H]2C(=O)O)=CC(C(=O)O)=N1. The molecule has 3 aliphatic heterocycles. The number of amides is 2. The number of carboxylic acids is 2.